The van der Waals surface area contributed by atoms with E-state index in [4.69, 9.17) is 0 Å². The highest BCUT2D eigenvalue weighted by atomic mass is 79.9. The predicted octanol–water partition coefficient (Wildman–Crippen LogP) is 2.07. The van der Waals surface area contributed by atoms with Crippen molar-refractivity contribution in [1.29, 1.82) is 0 Å². The third kappa shape index (κ3) is 3.05. The second kappa shape index (κ2) is 5.34. The molecule has 1 unspecified atom stereocenters. The summed E-state index contributed by atoms with van der Waals surface area (Å²) in [5.74, 6) is -0.597. The number of amides is 1. The molecule has 7 nitrogen and oxygen atoms in total. The van der Waals surface area contributed by atoms with Crippen LogP contribution in [-0.4, -0.2) is 31.0 Å². The Morgan fingerprint density at radius 3 is 2.57 bits per heavy atom. The van der Waals surface area contributed by atoms with Crippen LogP contribution in [0.15, 0.2) is 16.6 Å². The van der Waals surface area contributed by atoms with Crippen LogP contribution in [0.5, 0.6) is 0 Å². The van der Waals surface area contributed by atoms with E-state index in [1.54, 1.807) is 0 Å². The fraction of sp³-hybridized carbons (Fsp3) is 0.364. The van der Waals surface area contributed by atoms with Crippen molar-refractivity contribution in [3.8, 4) is 0 Å². The first-order valence-electron chi connectivity index (χ1n) is 5.79. The van der Waals surface area contributed by atoms with Gasteiger partial charge in [-0.3, -0.25) is 14.9 Å². The lowest BCUT2D eigenvalue weighted by atomic mass is 10.1. The Balaban J connectivity index is 2.45. The molecule has 10 heteroatoms. The first-order chi connectivity index (χ1) is 9.61. The molecule has 21 heavy (non-hydrogen) atoms. The van der Waals surface area contributed by atoms with Gasteiger partial charge in [-0.15, -0.1) is 3.89 Å². The molecule has 0 N–H and O–H groups in total. The van der Waals surface area contributed by atoms with Crippen molar-refractivity contribution in [2.24, 2.45) is 0 Å². The van der Waals surface area contributed by atoms with Crippen molar-refractivity contribution in [3.63, 3.8) is 0 Å². The number of halogens is 2. The van der Waals surface area contributed by atoms with Gasteiger partial charge in [0.2, 0.25) is 5.91 Å². The molecule has 0 bridgehead atoms. The molecular formula is C11H10BrFN2O5S. The van der Waals surface area contributed by atoms with Crippen molar-refractivity contribution in [1.82, 2.24) is 0 Å². The van der Waals surface area contributed by atoms with E-state index in [1.165, 1.54) is 19.1 Å². The number of carbonyl (C=O) groups is 1. The Labute approximate surface area is 128 Å². The highest BCUT2D eigenvalue weighted by molar-refractivity contribution is 9.10. The zero-order valence-electron chi connectivity index (χ0n) is 10.7. The molecule has 1 aliphatic rings. The molecule has 1 aromatic carbocycles. The summed E-state index contributed by atoms with van der Waals surface area (Å²) in [7, 11) is -4.84. The molecule has 1 saturated heterocycles. The van der Waals surface area contributed by atoms with Gasteiger partial charge in [0, 0.05) is 29.1 Å². The van der Waals surface area contributed by atoms with Crippen LogP contribution in [0.2, 0.25) is 0 Å². The summed E-state index contributed by atoms with van der Waals surface area (Å²) in [6.07, 6.45) is -0.479. The minimum atomic E-state index is -4.84. The van der Waals surface area contributed by atoms with Gasteiger partial charge in [-0.1, -0.05) is 0 Å². The molecule has 0 saturated carbocycles. The molecule has 1 amide bonds. The number of carbonyl (C=O) groups excluding carboxylic acids is 1. The molecule has 1 atom stereocenters. The maximum Gasteiger partial charge on any atom is 0.307 e. The van der Waals surface area contributed by atoms with E-state index in [9.17, 15) is 27.2 Å². The Hall–Kier alpha value is -1.55. The molecule has 1 heterocycles. The van der Waals surface area contributed by atoms with Crippen molar-refractivity contribution in [2.75, 3.05) is 11.4 Å². The number of nitrogens with zero attached hydrogens (tertiary/aromatic N) is 2. The normalized spacial score (nSPS) is 19.1. The minimum Gasteiger partial charge on any atom is -0.310 e. The second-order valence-electron chi connectivity index (χ2n) is 4.65. The van der Waals surface area contributed by atoms with Crippen LogP contribution in [0.4, 0.5) is 15.3 Å². The van der Waals surface area contributed by atoms with Crippen LogP contribution in [0.25, 0.3) is 0 Å². The van der Waals surface area contributed by atoms with E-state index in [-0.39, 0.29) is 17.9 Å². The molecule has 2 rings (SSSR count). The van der Waals surface area contributed by atoms with Gasteiger partial charge in [0.05, 0.1) is 10.6 Å². The van der Waals surface area contributed by atoms with Gasteiger partial charge in [0.1, 0.15) is 5.25 Å². The largest absolute Gasteiger partial charge is 0.310 e. The number of nitro benzene ring substituents is 1. The lowest BCUT2D eigenvalue weighted by Crippen LogP contribution is -2.27. The van der Waals surface area contributed by atoms with Crippen LogP contribution in [0, 0.1) is 17.0 Å². The molecule has 0 aliphatic carbocycles. The van der Waals surface area contributed by atoms with Crippen LogP contribution in [-0.2, 0) is 15.0 Å². The van der Waals surface area contributed by atoms with Gasteiger partial charge in [-0.2, -0.15) is 8.42 Å². The lowest BCUT2D eigenvalue weighted by Gasteiger charge is -2.18. The zero-order valence-corrected chi connectivity index (χ0v) is 13.1. The second-order valence-corrected chi connectivity index (χ2v) is 7.13. The van der Waals surface area contributed by atoms with Gasteiger partial charge < -0.3 is 4.90 Å². The Kier molecular flexibility index (Phi) is 4.02. The van der Waals surface area contributed by atoms with E-state index >= 15 is 0 Å². The monoisotopic (exact) mass is 380 g/mol. The fourth-order valence-electron chi connectivity index (χ4n) is 2.15. The van der Waals surface area contributed by atoms with Crippen molar-refractivity contribution >= 4 is 43.4 Å². The summed E-state index contributed by atoms with van der Waals surface area (Å²) in [5.41, 5.74) is 0.341. The smallest absolute Gasteiger partial charge is 0.307 e. The number of hydrogen-bond acceptors (Lipinski definition) is 5. The van der Waals surface area contributed by atoms with Gasteiger partial charge in [0.25, 0.3) is 5.69 Å². The molecule has 0 aromatic heterocycles. The Bertz CT molecular complexity index is 736. The summed E-state index contributed by atoms with van der Waals surface area (Å²) in [6, 6.07) is 2.63. The van der Waals surface area contributed by atoms with Crippen molar-refractivity contribution in [3.05, 3.63) is 32.3 Å². The van der Waals surface area contributed by atoms with Crippen LogP contribution in [0.3, 0.4) is 0 Å². The van der Waals surface area contributed by atoms with Crippen LogP contribution in [0.1, 0.15) is 12.0 Å². The number of rotatable bonds is 3. The van der Waals surface area contributed by atoms with Gasteiger partial charge in [-0.25, -0.2) is 0 Å². The fourth-order valence-corrected chi connectivity index (χ4v) is 3.49. The van der Waals surface area contributed by atoms with E-state index in [1.807, 2.05) is 0 Å². The number of benzene rings is 1. The zero-order chi connectivity index (χ0) is 15.9. The number of hydrogen-bond donors (Lipinski definition) is 0. The van der Waals surface area contributed by atoms with Crippen molar-refractivity contribution in [2.45, 2.75) is 18.6 Å². The predicted molar refractivity (Wildman–Crippen MR) is 76.3 cm³/mol. The number of aryl methyl sites for hydroxylation is 1. The standard InChI is InChI=1S/C11H10BrFN2O5S/c1-6-2-8(12)10(4-9(6)15(17)18)14-5-7(3-11(14)16)21(13,19)20/h2,4,7H,3,5H2,1H3. The first-order valence-corrected chi connectivity index (χ1v) is 8.03. The third-order valence-corrected chi connectivity index (χ3v) is 4.99. The van der Waals surface area contributed by atoms with E-state index < -0.39 is 32.7 Å². The molecule has 0 radical (unpaired) electrons. The third-order valence-electron chi connectivity index (χ3n) is 3.24. The molecule has 114 valence electrons. The Morgan fingerprint density at radius 2 is 2.10 bits per heavy atom. The Morgan fingerprint density at radius 1 is 1.48 bits per heavy atom. The average molecular weight is 381 g/mol. The summed E-state index contributed by atoms with van der Waals surface area (Å²) >= 11 is 3.18. The van der Waals surface area contributed by atoms with E-state index in [2.05, 4.69) is 15.9 Å². The maximum atomic E-state index is 13.0. The van der Waals surface area contributed by atoms with Gasteiger partial charge in [-0.05, 0) is 28.9 Å². The summed E-state index contributed by atoms with van der Waals surface area (Å²) in [5, 5.41) is 9.49. The van der Waals surface area contributed by atoms with Crippen LogP contribution < -0.4 is 4.90 Å². The van der Waals surface area contributed by atoms with E-state index in [0.29, 0.717) is 10.0 Å². The molecule has 1 fully saturated rings. The topological polar surface area (TPSA) is 97.6 Å². The lowest BCUT2D eigenvalue weighted by molar-refractivity contribution is -0.385. The summed E-state index contributed by atoms with van der Waals surface area (Å²) < 4.78 is 35.2. The molecule has 0 spiro atoms. The SMILES string of the molecule is Cc1cc(Br)c(N2CC(S(=O)(=O)F)CC2=O)cc1[N+](=O)[O-]. The quantitative estimate of drug-likeness (QED) is 0.454. The molecular weight excluding hydrogens is 371 g/mol. The highest BCUT2D eigenvalue weighted by Crippen LogP contribution is 2.36. The molecule has 1 aliphatic heterocycles. The minimum absolute atomic E-state index is 0.156. The summed E-state index contributed by atoms with van der Waals surface area (Å²) in [4.78, 5) is 23.2. The first kappa shape index (κ1) is 15.8. The van der Waals surface area contributed by atoms with Crippen LogP contribution >= 0.6 is 15.9 Å². The summed E-state index contributed by atoms with van der Waals surface area (Å²) in [6.45, 7) is 1.17. The average Bonchev–Trinajstić information content (AvgIpc) is 2.70. The van der Waals surface area contributed by atoms with E-state index in [0.717, 1.165) is 4.90 Å². The number of nitro groups is 1. The van der Waals surface area contributed by atoms with Gasteiger partial charge >= 0.3 is 10.2 Å². The highest BCUT2D eigenvalue weighted by Gasteiger charge is 2.40. The van der Waals surface area contributed by atoms with Gasteiger partial charge in [0.15, 0.2) is 0 Å². The van der Waals surface area contributed by atoms with Crippen molar-refractivity contribution < 1.29 is 22.0 Å². The maximum absolute atomic E-state index is 13.0. The number of anilines is 1. The molecule has 1 aromatic rings.